The highest BCUT2D eigenvalue weighted by molar-refractivity contribution is 5.91. The molecule has 186 valence electrons. The third-order valence-corrected chi connectivity index (χ3v) is 5.79. The molecule has 9 nitrogen and oxygen atoms in total. The van der Waals surface area contributed by atoms with Crippen LogP contribution in [0.5, 0.6) is 5.75 Å². The Hall–Kier alpha value is -4.40. The fourth-order valence-corrected chi connectivity index (χ4v) is 4.14. The number of rotatable bonds is 11. The topological polar surface area (TPSA) is 112 Å². The minimum Gasteiger partial charge on any atom is -0.486 e. The maximum atomic E-state index is 12.6. The first-order valence-electron chi connectivity index (χ1n) is 11.8. The van der Waals surface area contributed by atoms with Gasteiger partial charge in [-0.3, -0.25) is 19.3 Å². The number of aromatic nitrogens is 1. The summed E-state index contributed by atoms with van der Waals surface area (Å²) in [5, 5.41) is 12.2. The molecule has 0 aliphatic carbocycles. The quantitative estimate of drug-likeness (QED) is 0.396. The van der Waals surface area contributed by atoms with Gasteiger partial charge in [0, 0.05) is 31.4 Å². The number of nitrogens with zero attached hydrogens (tertiary/aromatic N) is 3. The van der Waals surface area contributed by atoms with Gasteiger partial charge in [-0.1, -0.05) is 36.4 Å². The van der Waals surface area contributed by atoms with Crippen LogP contribution in [-0.2, 0) is 20.9 Å². The summed E-state index contributed by atoms with van der Waals surface area (Å²) in [6, 6.07) is 20.6. The highest BCUT2D eigenvalue weighted by atomic mass is 16.5. The molecule has 0 saturated heterocycles. The number of benzene rings is 2. The Labute approximate surface area is 209 Å². The average molecular weight is 489 g/mol. The van der Waals surface area contributed by atoms with Crippen LogP contribution in [0.3, 0.4) is 0 Å². The monoisotopic (exact) mass is 488 g/mol. The summed E-state index contributed by atoms with van der Waals surface area (Å²) in [6.07, 6.45) is 2.47. The smallest absolute Gasteiger partial charge is 0.307 e. The molecule has 2 N–H and O–H groups in total. The highest BCUT2D eigenvalue weighted by Gasteiger charge is 2.28. The van der Waals surface area contributed by atoms with Gasteiger partial charge in [0.2, 0.25) is 12.3 Å². The van der Waals surface area contributed by atoms with Crippen LogP contribution in [0.15, 0.2) is 72.9 Å². The molecule has 9 heteroatoms. The number of carboxylic acid groups (broad SMARTS) is 1. The number of hydrogen-bond donors (Lipinski definition) is 2. The summed E-state index contributed by atoms with van der Waals surface area (Å²) in [6.45, 7) is 1.38. The number of anilines is 3. The van der Waals surface area contributed by atoms with E-state index in [4.69, 9.17) is 4.74 Å². The van der Waals surface area contributed by atoms with Gasteiger partial charge in [0.1, 0.15) is 17.7 Å². The van der Waals surface area contributed by atoms with Gasteiger partial charge in [0.25, 0.3) is 0 Å². The summed E-state index contributed by atoms with van der Waals surface area (Å²) in [5.41, 5.74) is 2.50. The van der Waals surface area contributed by atoms with E-state index in [1.807, 2.05) is 36.4 Å². The zero-order chi connectivity index (χ0) is 25.3. The number of carbonyl (C=O) groups excluding carboxylic acids is 2. The van der Waals surface area contributed by atoms with Gasteiger partial charge in [-0.05, 0) is 42.3 Å². The molecule has 0 radical (unpaired) electrons. The van der Waals surface area contributed by atoms with E-state index < -0.39 is 12.1 Å². The van der Waals surface area contributed by atoms with E-state index in [0.717, 1.165) is 11.3 Å². The van der Waals surface area contributed by atoms with Crippen molar-refractivity contribution in [1.82, 2.24) is 4.98 Å². The van der Waals surface area contributed by atoms with Crippen molar-refractivity contribution < 1.29 is 24.2 Å². The van der Waals surface area contributed by atoms with Gasteiger partial charge >= 0.3 is 5.97 Å². The number of hydrogen-bond acceptors (Lipinski definition) is 6. The van der Waals surface area contributed by atoms with Crippen LogP contribution in [-0.4, -0.2) is 47.6 Å². The molecule has 0 spiro atoms. The largest absolute Gasteiger partial charge is 0.486 e. The normalized spacial score (nSPS) is 14.3. The lowest BCUT2D eigenvalue weighted by Crippen LogP contribution is -2.40. The standard InChI is InChI=1S/C27H28N4O5/c32-19-30(25-9-4-5-13-28-25)14-6-10-26(33)29-21-11-12-24-23(15-21)31(17-20-7-2-1-3-8-20)18-22(36-24)16-27(34)35/h1-5,7-9,11-13,15,19,22H,6,10,14,16-18H2,(H,29,33)(H,34,35). The second-order valence-corrected chi connectivity index (χ2v) is 8.52. The van der Waals surface area contributed by atoms with E-state index in [1.165, 1.54) is 4.90 Å². The minimum atomic E-state index is -0.914. The van der Waals surface area contributed by atoms with Gasteiger partial charge < -0.3 is 20.1 Å². The molecule has 1 atom stereocenters. The van der Waals surface area contributed by atoms with Crippen LogP contribution in [0.4, 0.5) is 17.2 Å². The van der Waals surface area contributed by atoms with Gasteiger partial charge in [-0.2, -0.15) is 0 Å². The molecule has 1 aromatic heterocycles. The van der Waals surface area contributed by atoms with Crippen molar-refractivity contribution in [3.8, 4) is 5.75 Å². The third kappa shape index (κ3) is 6.59. The summed E-state index contributed by atoms with van der Waals surface area (Å²) in [5.74, 6) is 0.0424. The number of carbonyl (C=O) groups is 3. The van der Waals surface area contributed by atoms with E-state index >= 15 is 0 Å². The van der Waals surface area contributed by atoms with Crippen molar-refractivity contribution in [3.05, 3.63) is 78.5 Å². The molecule has 0 bridgehead atoms. The number of carboxylic acids is 1. The van der Waals surface area contributed by atoms with Gasteiger partial charge in [-0.15, -0.1) is 0 Å². The van der Waals surface area contributed by atoms with Gasteiger partial charge in [-0.25, -0.2) is 4.98 Å². The second kappa shape index (κ2) is 11.8. The Bertz CT molecular complexity index is 1190. The van der Waals surface area contributed by atoms with Crippen LogP contribution < -0.4 is 19.9 Å². The SMILES string of the molecule is O=CN(CCCC(=O)Nc1ccc2c(c1)N(Cc1ccccc1)CC(CC(=O)O)O2)c1ccccn1. The number of amides is 2. The Balaban J connectivity index is 1.41. The first-order chi connectivity index (χ1) is 17.5. The molecular formula is C27H28N4O5. The number of pyridine rings is 1. The fraction of sp³-hybridized carbons (Fsp3) is 0.259. The van der Waals surface area contributed by atoms with Crippen LogP contribution in [0.2, 0.25) is 0 Å². The first-order valence-corrected chi connectivity index (χ1v) is 11.8. The molecule has 0 fully saturated rings. The predicted octanol–water partition coefficient (Wildman–Crippen LogP) is 3.71. The van der Waals surface area contributed by atoms with E-state index in [2.05, 4.69) is 15.2 Å². The van der Waals surface area contributed by atoms with Crippen LogP contribution >= 0.6 is 0 Å². The Morgan fingerprint density at radius 2 is 1.94 bits per heavy atom. The zero-order valence-electron chi connectivity index (χ0n) is 19.7. The summed E-state index contributed by atoms with van der Waals surface area (Å²) in [7, 11) is 0. The first kappa shape index (κ1) is 24.7. The maximum Gasteiger partial charge on any atom is 0.307 e. The van der Waals surface area contributed by atoms with Gasteiger partial charge in [0.15, 0.2) is 0 Å². The Morgan fingerprint density at radius 1 is 1.14 bits per heavy atom. The zero-order valence-corrected chi connectivity index (χ0v) is 19.7. The lowest BCUT2D eigenvalue weighted by molar-refractivity contribution is -0.138. The molecule has 0 saturated carbocycles. The van der Waals surface area contributed by atoms with Crippen molar-refractivity contribution in [2.45, 2.75) is 31.9 Å². The molecule has 3 aromatic rings. The number of aliphatic carboxylic acids is 1. The molecule has 1 aliphatic heterocycles. The number of fused-ring (bicyclic) bond motifs is 1. The second-order valence-electron chi connectivity index (χ2n) is 8.52. The molecule has 2 heterocycles. The Kier molecular flexibility index (Phi) is 8.12. The number of ether oxygens (including phenoxy) is 1. The Morgan fingerprint density at radius 3 is 2.67 bits per heavy atom. The molecule has 2 aromatic carbocycles. The molecule has 4 rings (SSSR count). The van der Waals surface area contributed by atoms with Crippen molar-refractivity contribution >= 4 is 35.5 Å². The fourth-order valence-electron chi connectivity index (χ4n) is 4.14. The molecule has 36 heavy (non-hydrogen) atoms. The summed E-state index contributed by atoms with van der Waals surface area (Å²) >= 11 is 0. The van der Waals surface area contributed by atoms with Crippen LogP contribution in [0, 0.1) is 0 Å². The number of nitrogens with one attached hydrogen (secondary N) is 1. The lowest BCUT2D eigenvalue weighted by Gasteiger charge is -2.36. The van der Waals surface area contributed by atoms with Crippen molar-refractivity contribution in [3.63, 3.8) is 0 Å². The molecule has 1 unspecified atom stereocenters. The molecule has 2 amide bonds. The maximum absolute atomic E-state index is 12.6. The third-order valence-electron chi connectivity index (χ3n) is 5.79. The van der Waals surface area contributed by atoms with E-state index in [9.17, 15) is 19.5 Å². The average Bonchev–Trinajstić information content (AvgIpc) is 2.88. The lowest BCUT2D eigenvalue weighted by atomic mass is 10.1. The van der Waals surface area contributed by atoms with Crippen molar-refractivity contribution in [2.24, 2.45) is 0 Å². The van der Waals surface area contributed by atoms with Crippen molar-refractivity contribution in [1.29, 1.82) is 0 Å². The summed E-state index contributed by atoms with van der Waals surface area (Å²) in [4.78, 5) is 43.0. The van der Waals surface area contributed by atoms with Crippen molar-refractivity contribution in [2.75, 3.05) is 28.2 Å². The molecular weight excluding hydrogens is 460 g/mol. The predicted molar refractivity (Wildman–Crippen MR) is 136 cm³/mol. The highest BCUT2D eigenvalue weighted by Crippen LogP contribution is 2.37. The molecule has 1 aliphatic rings. The minimum absolute atomic E-state index is 0.0977. The summed E-state index contributed by atoms with van der Waals surface area (Å²) < 4.78 is 5.94. The van der Waals surface area contributed by atoms with E-state index in [1.54, 1.807) is 36.5 Å². The van der Waals surface area contributed by atoms with E-state index in [0.29, 0.717) is 49.7 Å². The van der Waals surface area contributed by atoms with Crippen LogP contribution in [0.1, 0.15) is 24.8 Å². The van der Waals surface area contributed by atoms with Crippen LogP contribution in [0.25, 0.3) is 0 Å². The van der Waals surface area contributed by atoms with E-state index in [-0.39, 0.29) is 18.7 Å². The van der Waals surface area contributed by atoms with Gasteiger partial charge in [0.05, 0.1) is 18.7 Å².